The third kappa shape index (κ3) is 2.67. The molecular formula is C12H5BrClN5S3. The quantitative estimate of drug-likeness (QED) is 0.462. The van der Waals surface area contributed by atoms with Gasteiger partial charge in [0.15, 0.2) is 4.34 Å². The number of halogens is 2. The number of hydrogen-bond donors (Lipinski definition) is 0. The molecule has 0 fully saturated rings. The van der Waals surface area contributed by atoms with E-state index < -0.39 is 0 Å². The van der Waals surface area contributed by atoms with Gasteiger partial charge in [-0.1, -0.05) is 17.7 Å². The number of nitrogens with zero attached hydrogens (tertiary/aromatic N) is 5. The van der Waals surface area contributed by atoms with Crippen LogP contribution in [0.5, 0.6) is 0 Å². The van der Waals surface area contributed by atoms with Crippen LogP contribution in [0.1, 0.15) is 0 Å². The predicted molar refractivity (Wildman–Crippen MR) is 93.5 cm³/mol. The van der Waals surface area contributed by atoms with Gasteiger partial charge in [-0.3, -0.25) is 0 Å². The van der Waals surface area contributed by atoms with Gasteiger partial charge in [-0.2, -0.15) is 4.68 Å². The molecule has 0 N–H and O–H groups in total. The van der Waals surface area contributed by atoms with E-state index in [1.165, 1.54) is 11.8 Å². The maximum Gasteiger partial charge on any atom is 0.221 e. The van der Waals surface area contributed by atoms with E-state index in [0.29, 0.717) is 10.2 Å². The fourth-order valence-electron chi connectivity index (χ4n) is 1.82. The van der Waals surface area contributed by atoms with Crippen molar-refractivity contribution in [2.24, 2.45) is 0 Å². The van der Waals surface area contributed by atoms with Gasteiger partial charge in [-0.25, -0.2) is 4.98 Å². The summed E-state index contributed by atoms with van der Waals surface area (Å²) in [5.74, 6) is 0. The Morgan fingerprint density at radius 1 is 1.18 bits per heavy atom. The number of hydrogen-bond acceptors (Lipinski definition) is 7. The highest BCUT2D eigenvalue weighted by Crippen LogP contribution is 2.37. The van der Waals surface area contributed by atoms with Gasteiger partial charge >= 0.3 is 0 Å². The fourth-order valence-corrected chi connectivity index (χ4v) is 5.43. The lowest BCUT2D eigenvalue weighted by atomic mass is 10.3. The summed E-state index contributed by atoms with van der Waals surface area (Å²) in [6.07, 6.45) is 0. The summed E-state index contributed by atoms with van der Waals surface area (Å²) in [4.78, 5) is 4.56. The first-order valence-corrected chi connectivity index (χ1v) is 9.60. The van der Waals surface area contributed by atoms with Crippen molar-refractivity contribution >= 4 is 72.2 Å². The first-order valence-electron chi connectivity index (χ1n) is 5.98. The Balaban J connectivity index is 1.71. The average Bonchev–Trinajstić information content (AvgIpc) is 3.19. The van der Waals surface area contributed by atoms with Crippen LogP contribution in [-0.2, 0) is 0 Å². The molecule has 110 valence electrons. The lowest BCUT2D eigenvalue weighted by molar-refractivity contribution is 0.768. The van der Waals surface area contributed by atoms with Gasteiger partial charge in [0.2, 0.25) is 5.16 Å². The van der Waals surface area contributed by atoms with Crippen molar-refractivity contribution in [2.75, 3.05) is 0 Å². The number of fused-ring (bicyclic) bond motifs is 1. The van der Waals surface area contributed by atoms with E-state index in [4.69, 9.17) is 11.6 Å². The lowest BCUT2D eigenvalue weighted by Gasteiger charge is -1.98. The van der Waals surface area contributed by atoms with Crippen molar-refractivity contribution < 1.29 is 0 Å². The summed E-state index contributed by atoms with van der Waals surface area (Å²) in [7, 11) is 0. The zero-order chi connectivity index (χ0) is 15.1. The van der Waals surface area contributed by atoms with E-state index in [1.807, 2.05) is 30.3 Å². The zero-order valence-corrected chi connectivity index (χ0v) is 15.4. The molecule has 0 bridgehead atoms. The maximum atomic E-state index is 6.17. The van der Waals surface area contributed by atoms with Gasteiger partial charge in [-0.05, 0) is 62.4 Å². The second-order valence-electron chi connectivity index (χ2n) is 4.12. The molecule has 0 saturated carbocycles. The van der Waals surface area contributed by atoms with Gasteiger partial charge in [0.25, 0.3) is 0 Å². The lowest BCUT2D eigenvalue weighted by Crippen LogP contribution is -1.95. The topological polar surface area (TPSA) is 56.5 Å². The molecule has 5 nitrogen and oxygen atoms in total. The minimum absolute atomic E-state index is 0.655. The molecule has 0 aliphatic rings. The number of aromatic nitrogens is 5. The molecule has 0 amide bonds. The molecule has 0 atom stereocenters. The van der Waals surface area contributed by atoms with Crippen LogP contribution >= 0.6 is 62.0 Å². The molecule has 0 saturated heterocycles. The normalized spacial score (nSPS) is 11.4. The van der Waals surface area contributed by atoms with Gasteiger partial charge in [-0.15, -0.1) is 27.8 Å². The Morgan fingerprint density at radius 2 is 2.09 bits per heavy atom. The van der Waals surface area contributed by atoms with E-state index in [1.54, 1.807) is 27.4 Å². The highest BCUT2D eigenvalue weighted by atomic mass is 79.9. The van der Waals surface area contributed by atoms with Gasteiger partial charge in [0, 0.05) is 0 Å². The standard InChI is InChI=1S/C12H5BrClN5S3/c13-8-4-5-9(21-8)19-11(16-17-18-19)22-12-15-10-6(14)2-1-3-7(10)20-12/h1-5H. The Bertz CT molecular complexity index is 963. The van der Waals surface area contributed by atoms with Crippen LogP contribution in [0.2, 0.25) is 5.02 Å². The predicted octanol–water partition coefficient (Wildman–Crippen LogP) is 4.90. The number of thiophene rings is 1. The number of tetrazole rings is 1. The summed E-state index contributed by atoms with van der Waals surface area (Å²) in [6, 6.07) is 9.69. The minimum atomic E-state index is 0.655. The maximum absolute atomic E-state index is 6.17. The summed E-state index contributed by atoms with van der Waals surface area (Å²) in [5, 5.41) is 14.2. The Kier molecular flexibility index (Phi) is 3.91. The molecule has 3 heterocycles. The summed E-state index contributed by atoms with van der Waals surface area (Å²) in [6.45, 7) is 0. The van der Waals surface area contributed by atoms with E-state index >= 15 is 0 Å². The monoisotopic (exact) mass is 429 g/mol. The third-order valence-corrected chi connectivity index (χ3v) is 6.66. The molecular weight excluding hydrogens is 426 g/mol. The summed E-state index contributed by atoms with van der Waals surface area (Å²) in [5.41, 5.74) is 0.814. The highest BCUT2D eigenvalue weighted by Gasteiger charge is 2.15. The van der Waals surface area contributed by atoms with Crippen molar-refractivity contribution in [3.8, 4) is 5.00 Å². The first kappa shape index (κ1) is 14.6. The molecule has 0 unspecified atom stereocenters. The van der Waals surface area contributed by atoms with Crippen LogP contribution in [0, 0.1) is 0 Å². The number of benzene rings is 1. The Labute approximate surface area is 150 Å². The molecule has 0 spiro atoms. The van der Waals surface area contributed by atoms with Crippen LogP contribution in [-0.4, -0.2) is 25.2 Å². The van der Waals surface area contributed by atoms with Gasteiger partial charge < -0.3 is 0 Å². The second kappa shape index (κ2) is 5.89. The molecule has 10 heteroatoms. The van der Waals surface area contributed by atoms with E-state index in [0.717, 1.165) is 23.3 Å². The molecule has 4 aromatic rings. The minimum Gasteiger partial charge on any atom is -0.228 e. The number of para-hydroxylation sites is 1. The number of thiazole rings is 1. The van der Waals surface area contributed by atoms with Crippen molar-refractivity contribution in [3.63, 3.8) is 0 Å². The first-order chi connectivity index (χ1) is 10.7. The summed E-state index contributed by atoms with van der Waals surface area (Å²) < 4.78 is 4.64. The molecule has 4 rings (SSSR count). The van der Waals surface area contributed by atoms with Crippen molar-refractivity contribution in [2.45, 2.75) is 9.50 Å². The Hall–Kier alpha value is -1.00. The van der Waals surface area contributed by atoms with Gasteiger partial charge in [0.05, 0.1) is 13.5 Å². The van der Waals surface area contributed by atoms with Crippen molar-refractivity contribution in [1.29, 1.82) is 0 Å². The van der Waals surface area contributed by atoms with Crippen LogP contribution in [0.25, 0.3) is 15.2 Å². The van der Waals surface area contributed by atoms with Crippen LogP contribution in [0.4, 0.5) is 0 Å². The molecule has 0 radical (unpaired) electrons. The Morgan fingerprint density at radius 3 is 2.86 bits per heavy atom. The molecule has 0 aliphatic carbocycles. The van der Waals surface area contributed by atoms with Gasteiger partial charge in [0.1, 0.15) is 10.5 Å². The van der Waals surface area contributed by atoms with E-state index in [-0.39, 0.29) is 0 Å². The van der Waals surface area contributed by atoms with Crippen LogP contribution in [0.15, 0.2) is 43.6 Å². The highest BCUT2D eigenvalue weighted by molar-refractivity contribution is 9.11. The van der Waals surface area contributed by atoms with E-state index in [9.17, 15) is 0 Å². The smallest absolute Gasteiger partial charge is 0.221 e. The van der Waals surface area contributed by atoms with E-state index in [2.05, 4.69) is 36.4 Å². The summed E-state index contributed by atoms with van der Waals surface area (Å²) >= 11 is 14.2. The molecule has 22 heavy (non-hydrogen) atoms. The van der Waals surface area contributed by atoms with Crippen LogP contribution < -0.4 is 0 Å². The SMILES string of the molecule is Clc1cccc2sc(Sc3nnnn3-c3ccc(Br)s3)nc12. The largest absolute Gasteiger partial charge is 0.228 e. The molecule has 0 aliphatic heterocycles. The molecule has 1 aromatic carbocycles. The van der Waals surface area contributed by atoms with Crippen molar-refractivity contribution in [3.05, 3.63) is 39.1 Å². The number of rotatable bonds is 3. The van der Waals surface area contributed by atoms with Crippen molar-refractivity contribution in [1.82, 2.24) is 25.2 Å². The molecule has 3 aromatic heterocycles. The van der Waals surface area contributed by atoms with Crippen LogP contribution in [0.3, 0.4) is 0 Å². The average molecular weight is 431 g/mol. The fraction of sp³-hybridized carbons (Fsp3) is 0. The second-order valence-corrected chi connectivity index (χ2v) is 9.21. The third-order valence-electron chi connectivity index (χ3n) is 2.74. The zero-order valence-electron chi connectivity index (χ0n) is 10.6.